The summed E-state index contributed by atoms with van der Waals surface area (Å²) in [6, 6.07) is 4.71. The topological polar surface area (TPSA) is 91.0 Å². The lowest BCUT2D eigenvalue weighted by atomic mass is 9.71. The molecule has 0 unspecified atom stereocenters. The van der Waals surface area contributed by atoms with Gasteiger partial charge in [-0.05, 0) is 50.3 Å². The van der Waals surface area contributed by atoms with E-state index in [0.717, 1.165) is 36.6 Å². The Hall–Kier alpha value is -2.34. The van der Waals surface area contributed by atoms with Crippen LogP contribution in [0.4, 0.5) is 0 Å². The fourth-order valence-electron chi connectivity index (χ4n) is 4.86. The summed E-state index contributed by atoms with van der Waals surface area (Å²) in [6.07, 6.45) is 5.21. The summed E-state index contributed by atoms with van der Waals surface area (Å²) in [5.41, 5.74) is 0.599. The molecular formula is C22H27NO5. The van der Waals surface area contributed by atoms with Crippen LogP contribution in [0.5, 0.6) is 5.75 Å². The number of hydrogen-bond donors (Lipinski definition) is 2. The monoisotopic (exact) mass is 385 g/mol. The highest BCUT2D eigenvalue weighted by Crippen LogP contribution is 2.39. The fraction of sp³-hybridized carbons (Fsp3) is 0.545. The predicted molar refractivity (Wildman–Crippen MR) is 105 cm³/mol. The zero-order chi connectivity index (χ0) is 19.9. The summed E-state index contributed by atoms with van der Waals surface area (Å²) in [6.45, 7) is 3.04. The van der Waals surface area contributed by atoms with Crippen LogP contribution in [-0.2, 0) is 11.2 Å². The Kier molecular flexibility index (Phi) is 4.91. The van der Waals surface area contributed by atoms with Gasteiger partial charge < -0.3 is 19.5 Å². The number of hydrogen-bond acceptors (Lipinski definition) is 5. The lowest BCUT2D eigenvalue weighted by molar-refractivity contribution is -0.143. The van der Waals surface area contributed by atoms with Crippen molar-refractivity contribution in [3.8, 4) is 5.75 Å². The Balaban J connectivity index is 1.47. The van der Waals surface area contributed by atoms with Gasteiger partial charge in [-0.2, -0.15) is 0 Å². The number of carbonyl (C=O) groups is 1. The summed E-state index contributed by atoms with van der Waals surface area (Å²) in [7, 11) is 0. The van der Waals surface area contributed by atoms with Crippen LogP contribution in [0.1, 0.15) is 49.7 Å². The normalized spacial score (nSPS) is 24.9. The third-order valence-electron chi connectivity index (χ3n) is 6.64. The molecule has 4 rings (SSSR count). The zero-order valence-electron chi connectivity index (χ0n) is 16.2. The van der Waals surface area contributed by atoms with Gasteiger partial charge in [-0.25, -0.2) is 4.79 Å². The number of aryl methyl sites for hydroxylation is 1. The third kappa shape index (κ3) is 3.41. The van der Waals surface area contributed by atoms with E-state index >= 15 is 0 Å². The molecule has 2 atom stereocenters. The van der Waals surface area contributed by atoms with Gasteiger partial charge in [0.2, 0.25) is 5.91 Å². The molecule has 2 fully saturated rings. The van der Waals surface area contributed by atoms with E-state index < -0.39 is 11.2 Å². The minimum atomic E-state index is -0.601. The van der Waals surface area contributed by atoms with Crippen molar-refractivity contribution in [2.45, 2.75) is 57.5 Å². The maximum absolute atomic E-state index is 12.8. The smallest absolute Gasteiger partial charge is 0.339 e. The average molecular weight is 385 g/mol. The number of aromatic hydroxyl groups is 1. The maximum Gasteiger partial charge on any atom is 0.339 e. The second-order valence-electron chi connectivity index (χ2n) is 8.31. The second kappa shape index (κ2) is 7.24. The van der Waals surface area contributed by atoms with E-state index in [1.807, 2.05) is 11.8 Å². The molecule has 0 bridgehead atoms. The molecule has 150 valence electrons. The molecule has 1 amide bonds. The Morgan fingerprint density at radius 2 is 2.14 bits per heavy atom. The van der Waals surface area contributed by atoms with Crippen molar-refractivity contribution in [1.29, 1.82) is 0 Å². The summed E-state index contributed by atoms with van der Waals surface area (Å²) in [5, 5.41) is 21.1. The standard InChI is InChI=1S/C22H27NO5/c1-14-17-6-5-16(24)12-19(17)28-21(26)18(14)7-8-20(25)23-11-10-22(27)9-3-2-4-15(22)13-23/h5-6,12,15,24,27H,2-4,7-11,13H2,1H3/t15-,22-/m1/s1. The van der Waals surface area contributed by atoms with Gasteiger partial charge >= 0.3 is 5.63 Å². The van der Waals surface area contributed by atoms with E-state index in [4.69, 9.17) is 4.42 Å². The second-order valence-corrected chi connectivity index (χ2v) is 8.31. The maximum atomic E-state index is 12.8. The zero-order valence-corrected chi connectivity index (χ0v) is 16.2. The minimum absolute atomic E-state index is 0.0252. The van der Waals surface area contributed by atoms with E-state index in [1.165, 1.54) is 6.07 Å². The Bertz CT molecular complexity index is 965. The summed E-state index contributed by atoms with van der Waals surface area (Å²) < 4.78 is 5.34. The van der Waals surface area contributed by atoms with Crippen LogP contribution < -0.4 is 5.63 Å². The van der Waals surface area contributed by atoms with Crippen molar-refractivity contribution < 1.29 is 19.4 Å². The highest BCUT2D eigenvalue weighted by Gasteiger charge is 2.43. The van der Waals surface area contributed by atoms with Gasteiger partial charge in [-0.1, -0.05) is 12.8 Å². The van der Waals surface area contributed by atoms with E-state index in [-0.39, 0.29) is 24.0 Å². The molecule has 28 heavy (non-hydrogen) atoms. The number of phenols is 1. The molecule has 6 nitrogen and oxygen atoms in total. The molecule has 1 aliphatic carbocycles. The number of aliphatic hydroxyl groups is 1. The van der Waals surface area contributed by atoms with E-state index in [0.29, 0.717) is 37.1 Å². The number of nitrogens with zero attached hydrogens (tertiary/aromatic N) is 1. The van der Waals surface area contributed by atoms with Crippen LogP contribution in [0.15, 0.2) is 27.4 Å². The number of piperidine rings is 1. The van der Waals surface area contributed by atoms with Gasteiger partial charge in [0.1, 0.15) is 11.3 Å². The van der Waals surface area contributed by atoms with Crippen molar-refractivity contribution in [3.05, 3.63) is 39.7 Å². The highest BCUT2D eigenvalue weighted by atomic mass is 16.4. The predicted octanol–water partition coefficient (Wildman–Crippen LogP) is 2.89. The lowest BCUT2D eigenvalue weighted by Crippen LogP contribution is -2.54. The van der Waals surface area contributed by atoms with Gasteiger partial charge in [0, 0.05) is 42.4 Å². The quantitative estimate of drug-likeness (QED) is 0.793. The molecular weight excluding hydrogens is 358 g/mol. The van der Waals surface area contributed by atoms with E-state index in [2.05, 4.69) is 0 Å². The highest BCUT2D eigenvalue weighted by molar-refractivity contribution is 5.82. The Labute approximate surface area is 163 Å². The molecule has 1 saturated heterocycles. The average Bonchev–Trinajstić information content (AvgIpc) is 2.66. The van der Waals surface area contributed by atoms with Crippen molar-refractivity contribution in [2.24, 2.45) is 5.92 Å². The Morgan fingerprint density at radius 1 is 1.32 bits per heavy atom. The molecule has 2 aromatic rings. The third-order valence-corrected chi connectivity index (χ3v) is 6.64. The number of likely N-dealkylation sites (tertiary alicyclic amines) is 1. The van der Waals surface area contributed by atoms with Gasteiger partial charge in [0.05, 0.1) is 5.60 Å². The van der Waals surface area contributed by atoms with Crippen LogP contribution in [-0.4, -0.2) is 39.7 Å². The van der Waals surface area contributed by atoms with Crippen molar-refractivity contribution in [2.75, 3.05) is 13.1 Å². The van der Waals surface area contributed by atoms with Crippen LogP contribution in [0.2, 0.25) is 0 Å². The van der Waals surface area contributed by atoms with Crippen LogP contribution in [0.3, 0.4) is 0 Å². The Morgan fingerprint density at radius 3 is 2.96 bits per heavy atom. The summed E-state index contributed by atoms with van der Waals surface area (Å²) >= 11 is 0. The van der Waals surface area contributed by atoms with Crippen LogP contribution in [0, 0.1) is 12.8 Å². The number of fused-ring (bicyclic) bond motifs is 2. The first kappa shape index (κ1) is 19.0. The van der Waals surface area contributed by atoms with E-state index in [1.54, 1.807) is 12.1 Å². The van der Waals surface area contributed by atoms with Crippen LogP contribution in [0.25, 0.3) is 11.0 Å². The first-order chi connectivity index (χ1) is 13.4. The minimum Gasteiger partial charge on any atom is -0.508 e. The number of carbonyl (C=O) groups excluding carboxylic acids is 1. The van der Waals surface area contributed by atoms with Crippen molar-refractivity contribution >= 4 is 16.9 Å². The summed E-state index contributed by atoms with van der Waals surface area (Å²) in [4.78, 5) is 27.0. The number of amides is 1. The van der Waals surface area contributed by atoms with Gasteiger partial charge in [-0.3, -0.25) is 4.79 Å². The summed E-state index contributed by atoms with van der Waals surface area (Å²) in [5.74, 6) is 0.238. The van der Waals surface area contributed by atoms with Crippen molar-refractivity contribution in [3.63, 3.8) is 0 Å². The first-order valence-electron chi connectivity index (χ1n) is 10.1. The van der Waals surface area contributed by atoms with Crippen molar-refractivity contribution in [1.82, 2.24) is 4.90 Å². The lowest BCUT2D eigenvalue weighted by Gasteiger charge is -2.47. The molecule has 0 radical (unpaired) electrons. The molecule has 1 aromatic carbocycles. The number of benzene rings is 1. The SMILES string of the molecule is Cc1c(CCC(=O)N2CC[C@]3(O)CCCC[C@@H]3C2)c(=O)oc2cc(O)ccc12. The molecule has 1 aliphatic heterocycles. The largest absolute Gasteiger partial charge is 0.508 e. The molecule has 1 aromatic heterocycles. The fourth-order valence-corrected chi connectivity index (χ4v) is 4.86. The van der Waals surface area contributed by atoms with Gasteiger partial charge in [0.25, 0.3) is 0 Å². The molecule has 6 heteroatoms. The van der Waals surface area contributed by atoms with Gasteiger partial charge in [0.15, 0.2) is 0 Å². The molecule has 2 N–H and O–H groups in total. The molecule has 0 spiro atoms. The number of rotatable bonds is 3. The molecule has 2 aliphatic rings. The first-order valence-corrected chi connectivity index (χ1v) is 10.1. The number of phenolic OH excluding ortho intramolecular Hbond substituents is 1. The molecule has 1 saturated carbocycles. The molecule has 2 heterocycles. The van der Waals surface area contributed by atoms with Gasteiger partial charge in [-0.15, -0.1) is 0 Å². The van der Waals surface area contributed by atoms with Crippen LogP contribution >= 0.6 is 0 Å². The van der Waals surface area contributed by atoms with E-state index in [9.17, 15) is 19.8 Å².